The van der Waals surface area contributed by atoms with Gasteiger partial charge in [0, 0.05) is 45.3 Å². The summed E-state index contributed by atoms with van der Waals surface area (Å²) in [5.74, 6) is 0. The van der Waals surface area contributed by atoms with Crippen LogP contribution in [0.1, 0.15) is 0 Å². The third-order valence-electron chi connectivity index (χ3n) is 1.84. The van der Waals surface area contributed by atoms with Crippen molar-refractivity contribution in [2.75, 3.05) is 39.3 Å². The van der Waals surface area contributed by atoms with Gasteiger partial charge in [0.1, 0.15) is 0 Å². The number of nitrogens with one attached hydrogen (secondary N) is 3. The third kappa shape index (κ3) is 3.67. The molecule has 1 atom stereocenters. The van der Waals surface area contributed by atoms with E-state index in [0.717, 1.165) is 39.3 Å². The Kier molecular flexibility index (Phi) is 4.45. The van der Waals surface area contributed by atoms with E-state index in [1.165, 1.54) is 0 Å². The van der Waals surface area contributed by atoms with Crippen LogP contribution in [0.3, 0.4) is 0 Å². The molecule has 0 amide bonds. The third-order valence-corrected chi connectivity index (χ3v) is 1.84. The van der Waals surface area contributed by atoms with Gasteiger partial charge in [-0.3, -0.25) is 0 Å². The predicted molar refractivity (Wildman–Crippen MR) is 46.6 cm³/mol. The van der Waals surface area contributed by atoms with Crippen molar-refractivity contribution in [1.29, 1.82) is 0 Å². The largest absolute Gasteiger partial charge is 0.329 e. The first kappa shape index (κ1) is 8.93. The zero-order valence-corrected chi connectivity index (χ0v) is 6.90. The number of piperazine rings is 1. The first-order valence-corrected chi connectivity index (χ1v) is 4.28. The van der Waals surface area contributed by atoms with Crippen LogP contribution in [-0.4, -0.2) is 45.3 Å². The minimum atomic E-state index is 0.579. The van der Waals surface area contributed by atoms with Crippen molar-refractivity contribution >= 4 is 0 Å². The van der Waals surface area contributed by atoms with Gasteiger partial charge in [-0.1, -0.05) is 0 Å². The summed E-state index contributed by atoms with van der Waals surface area (Å²) in [5.41, 5.74) is 5.35. The van der Waals surface area contributed by atoms with E-state index in [4.69, 9.17) is 5.73 Å². The molecule has 1 unspecified atom stereocenters. The van der Waals surface area contributed by atoms with Gasteiger partial charge in [-0.15, -0.1) is 0 Å². The molecule has 1 saturated heterocycles. The topological polar surface area (TPSA) is 62.1 Å². The molecular formula is C7H18N4. The summed E-state index contributed by atoms with van der Waals surface area (Å²) in [6.45, 7) is 5.89. The van der Waals surface area contributed by atoms with Gasteiger partial charge in [-0.25, -0.2) is 0 Å². The molecule has 0 radical (unpaired) electrons. The summed E-state index contributed by atoms with van der Waals surface area (Å²) in [6, 6.07) is 0.579. The highest BCUT2D eigenvalue weighted by atomic mass is 15.1. The molecule has 0 aromatic heterocycles. The van der Waals surface area contributed by atoms with E-state index in [1.54, 1.807) is 0 Å². The van der Waals surface area contributed by atoms with Crippen LogP contribution in [0.25, 0.3) is 0 Å². The summed E-state index contributed by atoms with van der Waals surface area (Å²) >= 11 is 0. The van der Waals surface area contributed by atoms with E-state index >= 15 is 0 Å². The first-order chi connectivity index (χ1) is 5.43. The van der Waals surface area contributed by atoms with Crippen LogP contribution >= 0.6 is 0 Å². The second-order valence-electron chi connectivity index (χ2n) is 2.85. The number of hydrogen-bond acceptors (Lipinski definition) is 4. The van der Waals surface area contributed by atoms with Gasteiger partial charge < -0.3 is 21.7 Å². The maximum absolute atomic E-state index is 5.35. The Morgan fingerprint density at radius 2 is 2.36 bits per heavy atom. The Balaban J connectivity index is 1.96. The second-order valence-corrected chi connectivity index (χ2v) is 2.85. The van der Waals surface area contributed by atoms with Crippen LogP contribution in [0.15, 0.2) is 0 Å². The maximum Gasteiger partial charge on any atom is 0.0318 e. The normalized spacial score (nSPS) is 25.4. The van der Waals surface area contributed by atoms with Gasteiger partial charge in [-0.05, 0) is 0 Å². The maximum atomic E-state index is 5.35. The van der Waals surface area contributed by atoms with Crippen LogP contribution in [0.2, 0.25) is 0 Å². The molecule has 1 heterocycles. The molecule has 0 bridgehead atoms. The summed E-state index contributed by atoms with van der Waals surface area (Å²) in [6.07, 6.45) is 0. The smallest absolute Gasteiger partial charge is 0.0318 e. The molecule has 1 fully saturated rings. The zero-order valence-electron chi connectivity index (χ0n) is 6.90. The highest BCUT2D eigenvalue weighted by molar-refractivity contribution is 4.76. The van der Waals surface area contributed by atoms with Crippen molar-refractivity contribution in [3.05, 3.63) is 0 Å². The van der Waals surface area contributed by atoms with Crippen molar-refractivity contribution < 1.29 is 0 Å². The molecule has 0 aromatic rings. The lowest BCUT2D eigenvalue weighted by Gasteiger charge is -2.24. The van der Waals surface area contributed by atoms with Gasteiger partial charge in [-0.2, -0.15) is 0 Å². The molecule has 66 valence electrons. The Bertz CT molecular complexity index is 90.4. The fourth-order valence-corrected chi connectivity index (χ4v) is 1.24. The fourth-order valence-electron chi connectivity index (χ4n) is 1.24. The standard InChI is InChI=1S/C7H18N4/c8-1-2-9-5-7-6-10-3-4-11-7/h7,9-11H,1-6,8H2. The molecule has 1 aliphatic rings. The summed E-state index contributed by atoms with van der Waals surface area (Å²) in [5, 5.41) is 10.0. The van der Waals surface area contributed by atoms with E-state index in [0.29, 0.717) is 6.04 Å². The van der Waals surface area contributed by atoms with Crippen molar-refractivity contribution in [3.63, 3.8) is 0 Å². The van der Waals surface area contributed by atoms with Crippen molar-refractivity contribution in [3.8, 4) is 0 Å². The van der Waals surface area contributed by atoms with E-state index < -0.39 is 0 Å². The van der Waals surface area contributed by atoms with Gasteiger partial charge in [0.25, 0.3) is 0 Å². The number of rotatable bonds is 4. The van der Waals surface area contributed by atoms with E-state index in [-0.39, 0.29) is 0 Å². The lowest BCUT2D eigenvalue weighted by Crippen LogP contribution is -2.52. The number of hydrogen-bond donors (Lipinski definition) is 4. The molecular weight excluding hydrogens is 140 g/mol. The number of nitrogens with two attached hydrogens (primary N) is 1. The SMILES string of the molecule is NCCNCC1CNCCN1. The van der Waals surface area contributed by atoms with Gasteiger partial charge in [0.2, 0.25) is 0 Å². The second kappa shape index (κ2) is 5.49. The molecule has 4 nitrogen and oxygen atoms in total. The molecule has 11 heavy (non-hydrogen) atoms. The first-order valence-electron chi connectivity index (χ1n) is 4.28. The molecule has 4 heteroatoms. The van der Waals surface area contributed by atoms with E-state index in [9.17, 15) is 0 Å². The average Bonchev–Trinajstić information content (AvgIpc) is 2.07. The summed E-state index contributed by atoms with van der Waals surface area (Å²) in [7, 11) is 0. The van der Waals surface area contributed by atoms with Gasteiger partial charge >= 0.3 is 0 Å². The Hall–Kier alpha value is -0.160. The predicted octanol–water partition coefficient (Wildman–Crippen LogP) is -1.90. The lowest BCUT2D eigenvalue weighted by molar-refractivity contribution is 0.401. The zero-order chi connectivity index (χ0) is 7.94. The Morgan fingerprint density at radius 1 is 1.45 bits per heavy atom. The monoisotopic (exact) mass is 158 g/mol. The average molecular weight is 158 g/mol. The molecule has 5 N–H and O–H groups in total. The van der Waals surface area contributed by atoms with Crippen molar-refractivity contribution in [2.45, 2.75) is 6.04 Å². The van der Waals surface area contributed by atoms with Crippen molar-refractivity contribution in [2.24, 2.45) is 5.73 Å². The minimum Gasteiger partial charge on any atom is -0.329 e. The van der Waals surface area contributed by atoms with Crippen LogP contribution in [0, 0.1) is 0 Å². The minimum absolute atomic E-state index is 0.579. The summed E-state index contributed by atoms with van der Waals surface area (Å²) < 4.78 is 0. The van der Waals surface area contributed by atoms with Crippen LogP contribution in [0.5, 0.6) is 0 Å². The molecule has 0 aliphatic carbocycles. The molecule has 0 spiro atoms. The van der Waals surface area contributed by atoms with E-state index in [1.807, 2.05) is 0 Å². The molecule has 1 aliphatic heterocycles. The Morgan fingerprint density at radius 3 is 3.00 bits per heavy atom. The van der Waals surface area contributed by atoms with Crippen LogP contribution in [-0.2, 0) is 0 Å². The highest BCUT2D eigenvalue weighted by Crippen LogP contribution is 1.83. The van der Waals surface area contributed by atoms with Crippen molar-refractivity contribution in [1.82, 2.24) is 16.0 Å². The molecule has 0 saturated carbocycles. The quantitative estimate of drug-likeness (QED) is 0.361. The van der Waals surface area contributed by atoms with E-state index in [2.05, 4.69) is 16.0 Å². The Labute approximate surface area is 67.9 Å². The van der Waals surface area contributed by atoms with Gasteiger partial charge in [0.15, 0.2) is 0 Å². The van der Waals surface area contributed by atoms with Gasteiger partial charge in [0.05, 0.1) is 0 Å². The van der Waals surface area contributed by atoms with Crippen LogP contribution in [0.4, 0.5) is 0 Å². The summed E-state index contributed by atoms with van der Waals surface area (Å²) in [4.78, 5) is 0. The molecule has 0 aromatic carbocycles. The highest BCUT2D eigenvalue weighted by Gasteiger charge is 2.09. The lowest BCUT2D eigenvalue weighted by atomic mass is 10.2. The fraction of sp³-hybridized carbons (Fsp3) is 1.00. The van der Waals surface area contributed by atoms with Crippen LogP contribution < -0.4 is 21.7 Å². The molecule has 1 rings (SSSR count).